The highest BCUT2D eigenvalue weighted by atomic mass is 79.9. The number of esters is 1. The zero-order chi connectivity index (χ0) is 11.9. The van der Waals surface area contributed by atoms with Crippen LogP contribution in [0.2, 0.25) is 0 Å². The Labute approximate surface area is 110 Å². The monoisotopic (exact) mass is 302 g/mol. The maximum Gasteiger partial charge on any atom is 0.318 e. The van der Waals surface area contributed by atoms with Crippen LogP contribution < -0.4 is 0 Å². The van der Waals surface area contributed by atoms with Gasteiger partial charge in [0.2, 0.25) is 0 Å². The predicted molar refractivity (Wildman–Crippen MR) is 66.7 cm³/mol. The van der Waals surface area contributed by atoms with Crippen molar-refractivity contribution in [3.05, 3.63) is 0 Å². The summed E-state index contributed by atoms with van der Waals surface area (Å²) in [5.41, 5.74) is 0.0430. The molecule has 0 saturated heterocycles. The van der Waals surface area contributed by atoms with E-state index in [1.165, 1.54) is 38.5 Å². The van der Waals surface area contributed by atoms with E-state index < -0.39 is 0 Å². The van der Waals surface area contributed by atoms with Gasteiger partial charge in [0.05, 0.1) is 5.60 Å². The van der Waals surface area contributed by atoms with Gasteiger partial charge in [-0.1, -0.05) is 15.9 Å². The molecule has 0 amide bonds. The van der Waals surface area contributed by atoms with E-state index in [1.807, 2.05) is 0 Å². The maximum atomic E-state index is 11.0. The average Bonchev–Trinajstić information content (AvgIpc) is 2.26. The fourth-order valence-corrected chi connectivity index (χ4v) is 4.63. The van der Waals surface area contributed by atoms with Gasteiger partial charge in [-0.2, -0.15) is 0 Å². The third kappa shape index (κ3) is 2.39. The lowest BCUT2D eigenvalue weighted by Crippen LogP contribution is -2.52. The van der Waals surface area contributed by atoms with Crippen LogP contribution in [0, 0.1) is 17.8 Å². The molecule has 17 heavy (non-hydrogen) atoms. The summed E-state index contributed by atoms with van der Waals surface area (Å²) in [4.78, 5) is 11.0. The Balaban J connectivity index is 1.57. The highest BCUT2D eigenvalue weighted by Crippen LogP contribution is 2.57. The molecule has 4 heteroatoms. The fraction of sp³-hybridized carbons (Fsp3) is 0.923. The molecule has 0 atom stereocenters. The lowest BCUT2D eigenvalue weighted by atomic mass is 9.54. The number of hydrogen-bond donors (Lipinski definition) is 0. The van der Waals surface area contributed by atoms with Crippen molar-refractivity contribution in [1.29, 1.82) is 0 Å². The van der Waals surface area contributed by atoms with Crippen molar-refractivity contribution in [2.75, 3.05) is 12.1 Å². The van der Waals surface area contributed by atoms with Crippen LogP contribution in [0.4, 0.5) is 0 Å². The van der Waals surface area contributed by atoms with E-state index in [1.54, 1.807) is 0 Å². The number of carbonyl (C=O) groups excluding carboxylic acids is 1. The van der Waals surface area contributed by atoms with Crippen LogP contribution in [0.1, 0.15) is 38.5 Å². The minimum atomic E-state index is -0.241. The number of rotatable bonds is 4. The Morgan fingerprint density at radius 1 is 1.12 bits per heavy atom. The van der Waals surface area contributed by atoms with Crippen molar-refractivity contribution in [1.82, 2.24) is 0 Å². The van der Waals surface area contributed by atoms with Crippen LogP contribution in [-0.4, -0.2) is 23.7 Å². The van der Waals surface area contributed by atoms with Gasteiger partial charge >= 0.3 is 5.97 Å². The first-order valence-electron chi connectivity index (χ1n) is 6.55. The standard InChI is InChI=1S/C13H19BrO3/c14-7-12(15)16-8-17-13-4-9-1-10(5-13)3-11(2-9)6-13/h9-11H,1-8H2. The number of carbonyl (C=O) groups is 1. The van der Waals surface area contributed by atoms with E-state index in [4.69, 9.17) is 9.47 Å². The van der Waals surface area contributed by atoms with E-state index >= 15 is 0 Å². The quantitative estimate of drug-likeness (QED) is 0.455. The molecule has 0 unspecified atom stereocenters. The molecule has 4 fully saturated rings. The van der Waals surface area contributed by atoms with Crippen molar-refractivity contribution < 1.29 is 14.3 Å². The zero-order valence-corrected chi connectivity index (χ0v) is 11.6. The molecule has 0 aromatic rings. The second kappa shape index (κ2) is 4.54. The highest BCUT2D eigenvalue weighted by Gasteiger charge is 2.51. The molecule has 0 aromatic carbocycles. The molecule has 0 spiro atoms. The molecular formula is C13H19BrO3. The SMILES string of the molecule is O=C(CBr)OCOC12CC3CC(CC(C3)C1)C2. The minimum absolute atomic E-state index is 0.0430. The molecule has 0 aromatic heterocycles. The van der Waals surface area contributed by atoms with Gasteiger partial charge in [0, 0.05) is 0 Å². The Hall–Kier alpha value is -0.0900. The van der Waals surface area contributed by atoms with E-state index in [9.17, 15) is 4.79 Å². The Kier molecular flexibility index (Phi) is 3.20. The average molecular weight is 303 g/mol. The normalized spacial score (nSPS) is 42.8. The van der Waals surface area contributed by atoms with E-state index in [-0.39, 0.29) is 23.7 Å². The van der Waals surface area contributed by atoms with Crippen molar-refractivity contribution in [2.45, 2.75) is 44.1 Å². The van der Waals surface area contributed by atoms with Crippen LogP contribution in [0.5, 0.6) is 0 Å². The molecule has 0 N–H and O–H groups in total. The van der Waals surface area contributed by atoms with Crippen molar-refractivity contribution in [3.63, 3.8) is 0 Å². The zero-order valence-electron chi connectivity index (χ0n) is 9.99. The fourth-order valence-electron chi connectivity index (χ4n) is 4.47. The molecule has 4 aliphatic rings. The van der Waals surface area contributed by atoms with Crippen LogP contribution >= 0.6 is 15.9 Å². The Bertz CT molecular complexity index is 281. The second-order valence-electron chi connectivity index (χ2n) is 6.01. The lowest BCUT2D eigenvalue weighted by molar-refractivity contribution is -0.209. The first-order chi connectivity index (χ1) is 8.19. The summed E-state index contributed by atoms with van der Waals surface area (Å²) >= 11 is 3.08. The van der Waals surface area contributed by atoms with Gasteiger partial charge in [-0.25, -0.2) is 0 Å². The van der Waals surface area contributed by atoms with Crippen LogP contribution in [0.3, 0.4) is 0 Å². The van der Waals surface area contributed by atoms with Crippen LogP contribution in [0.25, 0.3) is 0 Å². The van der Waals surface area contributed by atoms with Crippen molar-refractivity contribution >= 4 is 21.9 Å². The summed E-state index contributed by atoms with van der Waals surface area (Å²) < 4.78 is 11.0. The van der Waals surface area contributed by atoms with E-state index in [2.05, 4.69) is 15.9 Å². The molecule has 4 rings (SSSR count). The maximum absolute atomic E-state index is 11.0. The number of alkyl halides is 1. The summed E-state index contributed by atoms with van der Waals surface area (Å²) in [5, 5.41) is 0.247. The molecule has 4 saturated carbocycles. The van der Waals surface area contributed by atoms with Crippen molar-refractivity contribution in [3.8, 4) is 0 Å². The summed E-state index contributed by atoms with van der Waals surface area (Å²) in [6.45, 7) is 0.136. The third-order valence-electron chi connectivity index (χ3n) is 4.68. The predicted octanol–water partition coefficient (Wildman–Crippen LogP) is 2.87. The Morgan fingerprint density at radius 3 is 2.12 bits per heavy atom. The number of halogens is 1. The first-order valence-corrected chi connectivity index (χ1v) is 7.67. The van der Waals surface area contributed by atoms with Gasteiger partial charge in [0.25, 0.3) is 0 Å². The lowest BCUT2D eigenvalue weighted by Gasteiger charge is -2.56. The number of hydrogen-bond acceptors (Lipinski definition) is 3. The van der Waals surface area contributed by atoms with Gasteiger partial charge in [-0.15, -0.1) is 0 Å². The molecule has 96 valence electrons. The second-order valence-corrected chi connectivity index (χ2v) is 6.57. The topological polar surface area (TPSA) is 35.5 Å². The highest BCUT2D eigenvalue weighted by molar-refractivity contribution is 9.09. The smallest absolute Gasteiger partial charge is 0.318 e. The number of ether oxygens (including phenoxy) is 2. The third-order valence-corrected chi connectivity index (χ3v) is 5.13. The molecular weight excluding hydrogens is 284 g/mol. The molecule has 0 radical (unpaired) electrons. The first kappa shape index (κ1) is 12.0. The molecule has 0 aliphatic heterocycles. The Morgan fingerprint density at radius 2 is 1.65 bits per heavy atom. The summed E-state index contributed by atoms with van der Waals surface area (Å²) in [7, 11) is 0. The van der Waals surface area contributed by atoms with Gasteiger partial charge < -0.3 is 9.47 Å². The van der Waals surface area contributed by atoms with Crippen molar-refractivity contribution in [2.24, 2.45) is 17.8 Å². The molecule has 4 bridgehead atoms. The van der Waals surface area contributed by atoms with Crippen LogP contribution in [0.15, 0.2) is 0 Å². The summed E-state index contributed by atoms with van der Waals surface area (Å²) in [6.07, 6.45) is 7.78. The van der Waals surface area contributed by atoms with Gasteiger partial charge in [0.15, 0.2) is 6.79 Å². The van der Waals surface area contributed by atoms with Gasteiger partial charge in [-0.3, -0.25) is 4.79 Å². The van der Waals surface area contributed by atoms with Gasteiger partial charge in [0.1, 0.15) is 5.33 Å². The molecule has 3 nitrogen and oxygen atoms in total. The largest absolute Gasteiger partial charge is 0.438 e. The summed E-state index contributed by atoms with van der Waals surface area (Å²) in [6, 6.07) is 0. The summed E-state index contributed by atoms with van der Waals surface area (Å²) in [5.74, 6) is 2.36. The van der Waals surface area contributed by atoms with Gasteiger partial charge in [-0.05, 0) is 56.3 Å². The van der Waals surface area contributed by atoms with E-state index in [0.717, 1.165) is 17.8 Å². The molecule has 4 aliphatic carbocycles. The minimum Gasteiger partial charge on any atom is -0.438 e. The van der Waals surface area contributed by atoms with Crippen LogP contribution in [-0.2, 0) is 14.3 Å². The molecule has 0 heterocycles. The van der Waals surface area contributed by atoms with E-state index in [0.29, 0.717) is 0 Å².